The van der Waals surface area contributed by atoms with Crippen molar-refractivity contribution in [3.63, 3.8) is 0 Å². The Morgan fingerprint density at radius 1 is 1.41 bits per heavy atom. The summed E-state index contributed by atoms with van der Waals surface area (Å²) in [6, 6.07) is 8.30. The number of carbonyl (C=O) groups is 1. The van der Waals surface area contributed by atoms with Crippen LogP contribution < -0.4 is 15.4 Å². The molecular formula is C17H26N2O3. The molecule has 1 aliphatic heterocycles. The van der Waals surface area contributed by atoms with E-state index >= 15 is 0 Å². The van der Waals surface area contributed by atoms with Gasteiger partial charge in [-0.15, -0.1) is 0 Å². The fraction of sp³-hybridized carbons (Fsp3) is 0.588. The van der Waals surface area contributed by atoms with Gasteiger partial charge in [0, 0.05) is 25.6 Å². The molecule has 0 aromatic heterocycles. The first kappa shape index (κ1) is 16.8. The summed E-state index contributed by atoms with van der Waals surface area (Å²) in [5.74, 6) is 0.997. The van der Waals surface area contributed by atoms with Gasteiger partial charge in [-0.2, -0.15) is 0 Å². The largest absolute Gasteiger partial charge is 0.494 e. The van der Waals surface area contributed by atoms with Gasteiger partial charge in [-0.3, -0.25) is 4.79 Å². The van der Waals surface area contributed by atoms with Gasteiger partial charge in [0.1, 0.15) is 5.75 Å². The van der Waals surface area contributed by atoms with Crippen LogP contribution >= 0.6 is 0 Å². The van der Waals surface area contributed by atoms with E-state index in [1.54, 1.807) is 0 Å². The van der Waals surface area contributed by atoms with E-state index in [1.807, 2.05) is 19.1 Å². The zero-order valence-electron chi connectivity index (χ0n) is 13.3. The molecule has 2 rings (SSSR count). The minimum atomic E-state index is 0.0923. The normalized spacial score (nSPS) is 18.0. The second-order valence-electron chi connectivity index (χ2n) is 5.46. The molecule has 2 N–H and O–H groups in total. The Balaban J connectivity index is 1.58. The van der Waals surface area contributed by atoms with Crippen LogP contribution in [0.2, 0.25) is 0 Å². The first-order valence-electron chi connectivity index (χ1n) is 8.07. The Hall–Kier alpha value is -1.59. The zero-order valence-corrected chi connectivity index (χ0v) is 13.3. The van der Waals surface area contributed by atoms with Gasteiger partial charge in [-0.25, -0.2) is 0 Å². The molecule has 0 saturated carbocycles. The highest BCUT2D eigenvalue weighted by molar-refractivity contribution is 5.76. The Bertz CT molecular complexity index is 442. The van der Waals surface area contributed by atoms with Crippen LogP contribution in [0.1, 0.15) is 25.3 Å². The summed E-state index contributed by atoms with van der Waals surface area (Å²) < 4.78 is 10.8. The van der Waals surface area contributed by atoms with Crippen LogP contribution in [0.15, 0.2) is 24.3 Å². The average Bonchev–Trinajstić information content (AvgIpc) is 2.54. The van der Waals surface area contributed by atoms with Gasteiger partial charge in [-0.1, -0.05) is 12.1 Å². The number of hydrogen-bond acceptors (Lipinski definition) is 4. The first-order chi connectivity index (χ1) is 10.8. The first-order valence-corrected chi connectivity index (χ1v) is 8.07. The molecule has 1 atom stereocenters. The number of nitrogens with one attached hydrogen (secondary N) is 2. The number of morpholine rings is 1. The van der Waals surface area contributed by atoms with Crippen molar-refractivity contribution in [3.8, 4) is 5.75 Å². The number of benzene rings is 1. The predicted molar refractivity (Wildman–Crippen MR) is 86.2 cm³/mol. The lowest BCUT2D eigenvalue weighted by Crippen LogP contribution is -2.44. The lowest BCUT2D eigenvalue weighted by Gasteiger charge is -2.23. The molecule has 1 aromatic rings. The lowest BCUT2D eigenvalue weighted by molar-refractivity contribution is -0.122. The molecule has 1 aliphatic rings. The van der Waals surface area contributed by atoms with Gasteiger partial charge in [0.05, 0.1) is 19.8 Å². The number of ether oxygens (including phenoxy) is 2. The summed E-state index contributed by atoms with van der Waals surface area (Å²) in [7, 11) is 0. The Morgan fingerprint density at radius 2 is 2.23 bits per heavy atom. The van der Waals surface area contributed by atoms with E-state index in [4.69, 9.17) is 9.47 Å². The van der Waals surface area contributed by atoms with Gasteiger partial charge in [0.25, 0.3) is 0 Å². The van der Waals surface area contributed by atoms with Crippen LogP contribution in [0.3, 0.4) is 0 Å². The van der Waals surface area contributed by atoms with Crippen LogP contribution in [0.4, 0.5) is 0 Å². The fourth-order valence-electron chi connectivity index (χ4n) is 2.49. The minimum absolute atomic E-state index is 0.0923. The second-order valence-corrected chi connectivity index (χ2v) is 5.46. The minimum Gasteiger partial charge on any atom is -0.494 e. The molecule has 0 bridgehead atoms. The van der Waals surface area contributed by atoms with E-state index in [2.05, 4.69) is 22.8 Å². The van der Waals surface area contributed by atoms with E-state index < -0.39 is 0 Å². The molecule has 1 aromatic carbocycles. The van der Waals surface area contributed by atoms with Gasteiger partial charge in [0.2, 0.25) is 5.91 Å². The number of carbonyl (C=O) groups excluding carboxylic acids is 1. The number of hydrogen-bond donors (Lipinski definition) is 2. The maximum atomic E-state index is 11.8. The highest BCUT2D eigenvalue weighted by Crippen LogP contribution is 2.13. The van der Waals surface area contributed by atoms with Crippen molar-refractivity contribution in [1.29, 1.82) is 0 Å². The molecule has 5 heteroatoms. The van der Waals surface area contributed by atoms with Crippen LogP contribution in [-0.2, 0) is 16.0 Å². The van der Waals surface area contributed by atoms with Crippen LogP contribution in [0.25, 0.3) is 0 Å². The maximum absolute atomic E-state index is 11.8. The molecule has 5 nitrogen and oxygen atoms in total. The average molecular weight is 306 g/mol. The third-order valence-corrected chi connectivity index (χ3v) is 3.63. The number of amides is 1. The Morgan fingerprint density at radius 3 is 2.91 bits per heavy atom. The summed E-state index contributed by atoms with van der Waals surface area (Å²) in [6.45, 7) is 5.56. The molecule has 122 valence electrons. The summed E-state index contributed by atoms with van der Waals surface area (Å²) in [6.07, 6.45) is 2.38. The highest BCUT2D eigenvalue weighted by atomic mass is 16.5. The number of rotatable bonds is 8. The summed E-state index contributed by atoms with van der Waals surface area (Å²) >= 11 is 0. The fourth-order valence-corrected chi connectivity index (χ4v) is 2.49. The van der Waals surface area contributed by atoms with Crippen molar-refractivity contribution in [1.82, 2.24) is 10.6 Å². The van der Waals surface area contributed by atoms with Crippen molar-refractivity contribution in [3.05, 3.63) is 29.8 Å². The van der Waals surface area contributed by atoms with Crippen molar-refractivity contribution in [2.45, 2.75) is 32.2 Å². The van der Waals surface area contributed by atoms with Crippen molar-refractivity contribution in [2.75, 3.05) is 32.9 Å². The quantitative estimate of drug-likeness (QED) is 0.715. The molecule has 0 aliphatic carbocycles. The monoisotopic (exact) mass is 306 g/mol. The van der Waals surface area contributed by atoms with Crippen LogP contribution in [0, 0.1) is 0 Å². The molecule has 1 fully saturated rings. The third-order valence-electron chi connectivity index (χ3n) is 3.63. The number of aryl methyl sites for hydroxylation is 1. The highest BCUT2D eigenvalue weighted by Gasteiger charge is 2.16. The van der Waals surface area contributed by atoms with Crippen molar-refractivity contribution >= 4 is 5.91 Å². The molecule has 0 spiro atoms. The third kappa shape index (κ3) is 6.03. The van der Waals surface area contributed by atoms with Gasteiger partial charge in [0.15, 0.2) is 0 Å². The van der Waals surface area contributed by atoms with E-state index in [9.17, 15) is 4.79 Å². The topological polar surface area (TPSA) is 59.6 Å². The molecule has 0 unspecified atom stereocenters. The smallest absolute Gasteiger partial charge is 0.221 e. The lowest BCUT2D eigenvalue weighted by atomic mass is 10.1. The van der Waals surface area contributed by atoms with Crippen molar-refractivity contribution in [2.24, 2.45) is 0 Å². The van der Waals surface area contributed by atoms with E-state index in [-0.39, 0.29) is 11.9 Å². The summed E-state index contributed by atoms with van der Waals surface area (Å²) in [5, 5.41) is 6.26. The van der Waals surface area contributed by atoms with Gasteiger partial charge >= 0.3 is 0 Å². The summed E-state index contributed by atoms with van der Waals surface area (Å²) in [4.78, 5) is 11.8. The molecular weight excluding hydrogens is 280 g/mol. The van der Waals surface area contributed by atoms with E-state index in [0.717, 1.165) is 31.7 Å². The van der Waals surface area contributed by atoms with Gasteiger partial charge in [-0.05, 0) is 37.5 Å². The molecule has 0 radical (unpaired) electrons. The van der Waals surface area contributed by atoms with E-state index in [1.165, 1.54) is 5.56 Å². The van der Waals surface area contributed by atoms with Crippen LogP contribution in [0.5, 0.6) is 5.75 Å². The molecule has 1 amide bonds. The summed E-state index contributed by atoms with van der Waals surface area (Å²) in [5.41, 5.74) is 1.26. The SMILES string of the molecule is CCOc1ccc(CCCNC(=O)C[C@H]2COCCN2)cc1. The standard InChI is InChI=1S/C17H26N2O3/c1-2-22-16-7-5-14(6-8-16)4-3-9-19-17(20)12-15-13-21-11-10-18-15/h5-8,15,18H,2-4,9-13H2,1H3,(H,19,20)/t15-/m0/s1. The predicted octanol–water partition coefficient (Wildman–Crippen LogP) is 1.51. The second kappa shape index (κ2) is 9.43. The Kier molecular flexibility index (Phi) is 7.19. The Labute approximate surface area is 132 Å². The van der Waals surface area contributed by atoms with E-state index in [0.29, 0.717) is 26.2 Å². The molecule has 22 heavy (non-hydrogen) atoms. The van der Waals surface area contributed by atoms with Crippen molar-refractivity contribution < 1.29 is 14.3 Å². The maximum Gasteiger partial charge on any atom is 0.221 e. The molecule has 1 heterocycles. The zero-order chi connectivity index (χ0) is 15.6. The molecule has 1 saturated heterocycles. The van der Waals surface area contributed by atoms with Gasteiger partial charge < -0.3 is 20.1 Å². The van der Waals surface area contributed by atoms with Crippen LogP contribution in [-0.4, -0.2) is 44.9 Å².